The zero-order chi connectivity index (χ0) is 19.1. The number of aromatic nitrogens is 2. The highest BCUT2D eigenvalue weighted by Crippen LogP contribution is 2.52. The number of nitrogens with zero attached hydrogens (tertiary/aromatic N) is 2. The Bertz CT molecular complexity index is 946. The molecule has 0 spiro atoms. The standard InChI is InChI=1S/C19H20F2N4O2S/c20-19(21)5-12-14-16(28-15(12)11-6-22-23-7-11)17(26)24-13(8-25(14)9-19)18-3-10(4-18)1-2-27-18/h6-7,10,13H,1-5,8-9H2,(H,22,23)(H,24,26)/t10?,13-,18?/m1/s1. The molecule has 2 N–H and O–H groups in total. The van der Waals surface area contributed by atoms with Gasteiger partial charge in [0.05, 0.1) is 30.1 Å². The highest BCUT2D eigenvalue weighted by molar-refractivity contribution is 7.18. The van der Waals surface area contributed by atoms with Gasteiger partial charge in [-0.3, -0.25) is 9.89 Å². The maximum atomic E-state index is 14.7. The number of H-pyrrole nitrogens is 1. The summed E-state index contributed by atoms with van der Waals surface area (Å²) in [6, 6.07) is -0.268. The molecule has 5 aliphatic rings. The molecule has 1 amide bonds. The lowest BCUT2D eigenvalue weighted by Gasteiger charge is -2.56. The molecule has 1 aliphatic carbocycles. The number of halogens is 2. The maximum Gasteiger partial charge on any atom is 0.269 e. The third kappa shape index (κ3) is 2.32. The second-order valence-corrected chi connectivity index (χ2v) is 9.51. The zero-order valence-corrected chi connectivity index (χ0v) is 16.0. The van der Waals surface area contributed by atoms with Gasteiger partial charge in [0.15, 0.2) is 0 Å². The summed E-state index contributed by atoms with van der Waals surface area (Å²) in [7, 11) is 0. The molecule has 1 atom stereocenters. The third-order valence-electron chi connectivity index (χ3n) is 6.65. The molecule has 2 bridgehead atoms. The molecule has 6 heterocycles. The predicted molar refractivity (Wildman–Crippen MR) is 100 cm³/mol. The number of thiophene rings is 1. The van der Waals surface area contributed by atoms with Crippen molar-refractivity contribution in [2.75, 3.05) is 24.6 Å². The Kier molecular flexibility index (Phi) is 3.34. The molecule has 7 rings (SSSR count). The van der Waals surface area contributed by atoms with Crippen molar-refractivity contribution in [3.8, 4) is 10.4 Å². The Morgan fingerprint density at radius 1 is 1.32 bits per heavy atom. The third-order valence-corrected chi connectivity index (χ3v) is 7.92. The van der Waals surface area contributed by atoms with E-state index in [2.05, 4.69) is 15.5 Å². The predicted octanol–water partition coefficient (Wildman–Crippen LogP) is 2.82. The van der Waals surface area contributed by atoms with E-state index in [9.17, 15) is 13.6 Å². The first-order valence-corrected chi connectivity index (χ1v) is 10.5. The number of amides is 1. The van der Waals surface area contributed by atoms with Crippen LogP contribution in [0.4, 0.5) is 14.5 Å². The van der Waals surface area contributed by atoms with Crippen molar-refractivity contribution in [1.82, 2.24) is 15.5 Å². The van der Waals surface area contributed by atoms with E-state index in [1.165, 1.54) is 11.3 Å². The number of carbonyl (C=O) groups is 1. The van der Waals surface area contributed by atoms with Crippen LogP contribution in [-0.4, -0.2) is 53.4 Å². The van der Waals surface area contributed by atoms with Gasteiger partial charge in [-0.15, -0.1) is 11.3 Å². The average molecular weight is 406 g/mol. The summed E-state index contributed by atoms with van der Waals surface area (Å²) in [6.07, 6.45) is 5.81. The molecule has 2 aromatic heterocycles. The minimum absolute atomic E-state index is 0.180. The molecule has 148 valence electrons. The number of hydrogen-bond donors (Lipinski definition) is 2. The number of hydrogen-bond acceptors (Lipinski definition) is 5. The largest absolute Gasteiger partial charge is 0.373 e. The lowest BCUT2D eigenvalue weighted by Crippen LogP contribution is -2.66. The number of nitrogens with one attached hydrogen (secondary N) is 2. The van der Waals surface area contributed by atoms with Crippen LogP contribution in [0.1, 0.15) is 34.5 Å². The molecule has 0 unspecified atom stereocenters. The van der Waals surface area contributed by atoms with E-state index in [-0.39, 0.29) is 24.9 Å². The summed E-state index contributed by atoms with van der Waals surface area (Å²) < 4.78 is 35.5. The fraction of sp³-hybridized carbons (Fsp3) is 0.579. The summed E-state index contributed by atoms with van der Waals surface area (Å²) in [5.74, 6) is -2.38. The fourth-order valence-electron chi connectivity index (χ4n) is 5.39. The van der Waals surface area contributed by atoms with E-state index < -0.39 is 11.5 Å². The molecule has 0 radical (unpaired) electrons. The number of anilines is 1. The second kappa shape index (κ2) is 5.54. The molecule has 3 fully saturated rings. The SMILES string of the molecule is O=C1N[C@@H](C23CC(CCO2)C3)CN2CC(F)(F)Cc3c(-c4cn[nH]c4)sc1c32. The maximum absolute atomic E-state index is 14.7. The number of rotatable bonds is 2. The zero-order valence-electron chi connectivity index (χ0n) is 15.1. The molecule has 4 aliphatic heterocycles. The van der Waals surface area contributed by atoms with Gasteiger partial charge in [-0.05, 0) is 25.2 Å². The number of fused-ring (bicyclic) bond motifs is 2. The summed E-state index contributed by atoms with van der Waals surface area (Å²) in [6.45, 7) is 0.681. The Morgan fingerprint density at radius 2 is 2.18 bits per heavy atom. The molecular formula is C19H20F2N4O2S. The second-order valence-electron chi connectivity index (χ2n) is 8.49. The average Bonchev–Trinajstić information content (AvgIpc) is 3.24. The van der Waals surface area contributed by atoms with Crippen LogP contribution < -0.4 is 10.2 Å². The van der Waals surface area contributed by atoms with Crippen LogP contribution >= 0.6 is 11.3 Å². The van der Waals surface area contributed by atoms with Crippen LogP contribution in [0.2, 0.25) is 0 Å². The first-order chi connectivity index (χ1) is 13.4. The quantitative estimate of drug-likeness (QED) is 0.805. The monoisotopic (exact) mass is 406 g/mol. The van der Waals surface area contributed by atoms with Gasteiger partial charge < -0.3 is 15.0 Å². The Labute approximate surface area is 164 Å². The summed E-state index contributed by atoms with van der Waals surface area (Å²) in [5.41, 5.74) is 1.58. The van der Waals surface area contributed by atoms with Crippen molar-refractivity contribution < 1.29 is 18.3 Å². The fourth-order valence-corrected chi connectivity index (χ4v) is 6.61. The van der Waals surface area contributed by atoms with E-state index in [0.717, 1.165) is 24.8 Å². The van der Waals surface area contributed by atoms with E-state index in [0.29, 0.717) is 40.1 Å². The molecule has 28 heavy (non-hydrogen) atoms. The first kappa shape index (κ1) is 16.9. The Balaban J connectivity index is 1.44. The van der Waals surface area contributed by atoms with E-state index in [1.54, 1.807) is 17.3 Å². The molecule has 9 heteroatoms. The molecule has 6 nitrogen and oxygen atoms in total. The number of aromatic amines is 1. The summed E-state index contributed by atoms with van der Waals surface area (Å²) in [5, 5.41) is 9.80. The number of carbonyl (C=O) groups excluding carboxylic acids is 1. The van der Waals surface area contributed by atoms with Crippen molar-refractivity contribution in [3.63, 3.8) is 0 Å². The van der Waals surface area contributed by atoms with Crippen molar-refractivity contribution in [2.24, 2.45) is 5.92 Å². The Morgan fingerprint density at radius 3 is 2.89 bits per heavy atom. The number of ether oxygens (including phenoxy) is 1. The van der Waals surface area contributed by atoms with Gasteiger partial charge >= 0.3 is 0 Å². The smallest absolute Gasteiger partial charge is 0.269 e. The summed E-state index contributed by atoms with van der Waals surface area (Å²) in [4.78, 5) is 16.0. The van der Waals surface area contributed by atoms with Crippen LogP contribution in [0.15, 0.2) is 12.4 Å². The van der Waals surface area contributed by atoms with Gasteiger partial charge in [0, 0.05) is 41.8 Å². The van der Waals surface area contributed by atoms with Gasteiger partial charge in [0.25, 0.3) is 11.8 Å². The Hall–Kier alpha value is -2.00. The van der Waals surface area contributed by atoms with Crippen LogP contribution in [0, 0.1) is 5.92 Å². The van der Waals surface area contributed by atoms with Crippen LogP contribution in [-0.2, 0) is 11.2 Å². The molecule has 2 saturated heterocycles. The van der Waals surface area contributed by atoms with Gasteiger partial charge in [-0.25, -0.2) is 8.78 Å². The normalized spacial score (nSPS) is 32.9. The van der Waals surface area contributed by atoms with Gasteiger partial charge in [-0.2, -0.15) is 5.10 Å². The molecule has 2 aromatic rings. The minimum Gasteiger partial charge on any atom is -0.373 e. The molecular weight excluding hydrogens is 386 g/mol. The first-order valence-electron chi connectivity index (χ1n) is 9.67. The van der Waals surface area contributed by atoms with Gasteiger partial charge in [0.2, 0.25) is 0 Å². The van der Waals surface area contributed by atoms with Crippen LogP contribution in [0.5, 0.6) is 0 Å². The topological polar surface area (TPSA) is 70.2 Å². The highest BCUT2D eigenvalue weighted by Gasteiger charge is 2.56. The van der Waals surface area contributed by atoms with E-state index in [1.807, 2.05) is 0 Å². The van der Waals surface area contributed by atoms with Crippen molar-refractivity contribution >= 4 is 22.9 Å². The highest BCUT2D eigenvalue weighted by atomic mass is 32.1. The van der Waals surface area contributed by atoms with E-state index in [4.69, 9.17) is 4.74 Å². The van der Waals surface area contributed by atoms with E-state index >= 15 is 0 Å². The van der Waals surface area contributed by atoms with Gasteiger partial charge in [0.1, 0.15) is 4.88 Å². The van der Waals surface area contributed by atoms with Crippen molar-refractivity contribution in [2.45, 2.75) is 43.2 Å². The van der Waals surface area contributed by atoms with Crippen LogP contribution in [0.3, 0.4) is 0 Å². The lowest BCUT2D eigenvalue weighted by molar-refractivity contribution is -0.191. The minimum atomic E-state index is -2.84. The van der Waals surface area contributed by atoms with Crippen LogP contribution in [0.25, 0.3) is 10.4 Å². The summed E-state index contributed by atoms with van der Waals surface area (Å²) >= 11 is 1.28. The number of alkyl halides is 2. The lowest BCUT2D eigenvalue weighted by atomic mass is 9.63. The molecule has 1 saturated carbocycles. The van der Waals surface area contributed by atoms with Crippen molar-refractivity contribution in [3.05, 3.63) is 22.8 Å². The van der Waals surface area contributed by atoms with Gasteiger partial charge in [-0.1, -0.05) is 0 Å². The van der Waals surface area contributed by atoms with Crippen molar-refractivity contribution in [1.29, 1.82) is 0 Å². The molecule has 0 aromatic carbocycles.